The minimum absolute atomic E-state index is 0.00400. The highest BCUT2D eigenvalue weighted by Crippen LogP contribution is 2.37. The molecule has 1 aromatic heterocycles. The van der Waals surface area contributed by atoms with Crippen LogP contribution in [-0.2, 0) is 17.6 Å². The quantitative estimate of drug-likeness (QED) is 0.608. The second-order valence-corrected chi connectivity index (χ2v) is 8.42. The SMILES string of the molecule is CSc1ccc(CC(=O)NCC2Cc3cccc(-c4nc(C)cc(C)n4)c3O2)cc1. The van der Waals surface area contributed by atoms with Crippen LogP contribution in [0.15, 0.2) is 53.4 Å². The van der Waals surface area contributed by atoms with E-state index >= 15 is 0 Å². The van der Waals surface area contributed by atoms with Crippen LogP contribution in [0.25, 0.3) is 11.4 Å². The Morgan fingerprint density at radius 3 is 2.57 bits per heavy atom. The monoisotopic (exact) mass is 419 g/mol. The molecule has 1 atom stereocenters. The summed E-state index contributed by atoms with van der Waals surface area (Å²) in [5.74, 6) is 1.52. The first-order valence-corrected chi connectivity index (χ1v) is 11.2. The Morgan fingerprint density at radius 1 is 1.13 bits per heavy atom. The number of hydrogen-bond donors (Lipinski definition) is 1. The summed E-state index contributed by atoms with van der Waals surface area (Å²) in [6.07, 6.45) is 3.08. The molecule has 2 heterocycles. The first kappa shape index (κ1) is 20.4. The number of benzene rings is 2. The zero-order valence-electron chi connectivity index (χ0n) is 17.4. The van der Waals surface area contributed by atoms with Gasteiger partial charge < -0.3 is 10.1 Å². The second-order valence-electron chi connectivity index (χ2n) is 7.54. The molecule has 0 bridgehead atoms. The normalized spacial score (nSPS) is 14.8. The molecule has 5 nitrogen and oxygen atoms in total. The fourth-order valence-electron chi connectivity index (χ4n) is 3.69. The van der Waals surface area contributed by atoms with Crippen molar-refractivity contribution in [3.8, 4) is 17.1 Å². The van der Waals surface area contributed by atoms with Gasteiger partial charge in [-0.2, -0.15) is 0 Å². The van der Waals surface area contributed by atoms with E-state index in [0.717, 1.165) is 40.2 Å². The number of carbonyl (C=O) groups excluding carboxylic acids is 1. The summed E-state index contributed by atoms with van der Waals surface area (Å²) >= 11 is 1.69. The average molecular weight is 420 g/mol. The molecule has 0 saturated carbocycles. The molecule has 154 valence electrons. The zero-order chi connectivity index (χ0) is 21.1. The van der Waals surface area contributed by atoms with Gasteiger partial charge >= 0.3 is 0 Å². The molecular weight excluding hydrogens is 394 g/mol. The number of aromatic nitrogens is 2. The van der Waals surface area contributed by atoms with E-state index in [4.69, 9.17) is 4.74 Å². The third-order valence-electron chi connectivity index (χ3n) is 5.10. The lowest BCUT2D eigenvalue weighted by molar-refractivity contribution is -0.120. The van der Waals surface area contributed by atoms with Gasteiger partial charge in [-0.3, -0.25) is 4.79 Å². The molecule has 1 N–H and O–H groups in total. The van der Waals surface area contributed by atoms with Crippen LogP contribution in [0.4, 0.5) is 0 Å². The van der Waals surface area contributed by atoms with Crippen molar-refractivity contribution >= 4 is 17.7 Å². The lowest BCUT2D eigenvalue weighted by Gasteiger charge is -2.13. The zero-order valence-corrected chi connectivity index (χ0v) is 18.3. The van der Waals surface area contributed by atoms with Gasteiger partial charge in [0.25, 0.3) is 0 Å². The highest BCUT2D eigenvalue weighted by atomic mass is 32.2. The first-order valence-electron chi connectivity index (χ1n) is 10.0. The maximum absolute atomic E-state index is 12.4. The van der Waals surface area contributed by atoms with Gasteiger partial charge in [-0.05, 0) is 55.5 Å². The molecule has 0 radical (unpaired) electrons. The van der Waals surface area contributed by atoms with Crippen LogP contribution in [0, 0.1) is 13.8 Å². The molecule has 1 unspecified atom stereocenters. The van der Waals surface area contributed by atoms with Gasteiger partial charge in [-0.1, -0.05) is 24.3 Å². The van der Waals surface area contributed by atoms with E-state index in [1.807, 2.05) is 62.6 Å². The lowest BCUT2D eigenvalue weighted by atomic mass is 10.1. The Hall–Kier alpha value is -2.86. The van der Waals surface area contributed by atoms with Crippen molar-refractivity contribution in [2.24, 2.45) is 0 Å². The maximum Gasteiger partial charge on any atom is 0.224 e. The number of carbonyl (C=O) groups is 1. The van der Waals surface area contributed by atoms with Crippen molar-refractivity contribution in [1.29, 1.82) is 0 Å². The number of amides is 1. The maximum atomic E-state index is 12.4. The molecule has 0 saturated heterocycles. The Balaban J connectivity index is 1.39. The Bertz CT molecular complexity index is 1050. The highest BCUT2D eigenvalue weighted by molar-refractivity contribution is 7.98. The van der Waals surface area contributed by atoms with Gasteiger partial charge in [0.05, 0.1) is 18.5 Å². The van der Waals surface area contributed by atoms with Gasteiger partial charge in [0.15, 0.2) is 5.82 Å². The lowest BCUT2D eigenvalue weighted by Crippen LogP contribution is -2.35. The van der Waals surface area contributed by atoms with Crippen LogP contribution in [-0.4, -0.2) is 34.8 Å². The van der Waals surface area contributed by atoms with E-state index in [2.05, 4.69) is 21.4 Å². The van der Waals surface area contributed by atoms with E-state index in [1.54, 1.807) is 11.8 Å². The Morgan fingerprint density at radius 2 is 1.87 bits per heavy atom. The molecule has 1 aliphatic rings. The summed E-state index contributed by atoms with van der Waals surface area (Å²) in [6, 6.07) is 16.1. The van der Waals surface area contributed by atoms with Crippen molar-refractivity contribution < 1.29 is 9.53 Å². The molecule has 0 spiro atoms. The second kappa shape index (κ2) is 8.88. The number of rotatable bonds is 6. The number of fused-ring (bicyclic) bond motifs is 1. The van der Waals surface area contributed by atoms with E-state index < -0.39 is 0 Å². The van der Waals surface area contributed by atoms with E-state index in [0.29, 0.717) is 18.8 Å². The van der Waals surface area contributed by atoms with E-state index in [-0.39, 0.29) is 12.0 Å². The number of ether oxygens (including phenoxy) is 1. The molecule has 30 heavy (non-hydrogen) atoms. The fraction of sp³-hybridized carbons (Fsp3) is 0.292. The molecule has 0 fully saturated rings. The predicted octanol–water partition coefficient (Wildman–Crippen LogP) is 4.14. The van der Waals surface area contributed by atoms with Gasteiger partial charge in [-0.25, -0.2) is 9.97 Å². The van der Waals surface area contributed by atoms with Gasteiger partial charge in [0.2, 0.25) is 5.91 Å². The third-order valence-corrected chi connectivity index (χ3v) is 5.85. The van der Waals surface area contributed by atoms with Gasteiger partial charge in [0.1, 0.15) is 11.9 Å². The van der Waals surface area contributed by atoms with Crippen LogP contribution in [0.3, 0.4) is 0 Å². The van der Waals surface area contributed by atoms with Crippen LogP contribution in [0.1, 0.15) is 22.5 Å². The third kappa shape index (κ3) is 4.65. The Labute approximate surface area is 181 Å². The number of nitrogens with zero attached hydrogens (tertiary/aromatic N) is 2. The molecule has 4 rings (SSSR count). The largest absolute Gasteiger partial charge is 0.487 e. The molecule has 2 aromatic carbocycles. The standard InChI is InChI=1S/C24H25N3O2S/c1-15-11-16(2)27-24(26-15)21-6-4-5-18-13-19(29-23(18)21)14-25-22(28)12-17-7-9-20(30-3)10-8-17/h4-11,19H,12-14H2,1-3H3,(H,25,28). The van der Waals surface area contributed by atoms with Crippen LogP contribution in [0.5, 0.6) is 5.75 Å². The molecule has 1 amide bonds. The molecule has 6 heteroatoms. The topological polar surface area (TPSA) is 64.1 Å². The van der Waals surface area contributed by atoms with E-state index in [1.165, 1.54) is 4.90 Å². The van der Waals surface area contributed by atoms with Crippen molar-refractivity contribution in [3.05, 3.63) is 71.0 Å². The highest BCUT2D eigenvalue weighted by Gasteiger charge is 2.27. The first-order chi connectivity index (χ1) is 14.5. The van der Waals surface area contributed by atoms with Crippen molar-refractivity contribution in [2.45, 2.75) is 37.7 Å². The molecule has 0 aliphatic carbocycles. The van der Waals surface area contributed by atoms with E-state index in [9.17, 15) is 4.79 Å². The van der Waals surface area contributed by atoms with Crippen molar-refractivity contribution in [1.82, 2.24) is 15.3 Å². The van der Waals surface area contributed by atoms with Gasteiger partial charge in [-0.15, -0.1) is 11.8 Å². The predicted molar refractivity (Wildman–Crippen MR) is 120 cm³/mol. The minimum atomic E-state index is -0.0881. The number of thioether (sulfide) groups is 1. The molecule has 1 aliphatic heterocycles. The Kier molecular flexibility index (Phi) is 6.04. The van der Waals surface area contributed by atoms with Crippen LogP contribution in [0.2, 0.25) is 0 Å². The summed E-state index contributed by atoms with van der Waals surface area (Å²) in [5, 5.41) is 3.01. The number of para-hydroxylation sites is 1. The van der Waals surface area contributed by atoms with Gasteiger partial charge in [0, 0.05) is 22.7 Å². The average Bonchev–Trinajstić information content (AvgIpc) is 3.15. The number of hydrogen-bond acceptors (Lipinski definition) is 5. The fourth-order valence-corrected chi connectivity index (χ4v) is 4.10. The van der Waals surface area contributed by atoms with Crippen molar-refractivity contribution in [2.75, 3.05) is 12.8 Å². The summed E-state index contributed by atoms with van der Waals surface area (Å²) in [4.78, 5) is 22.7. The van der Waals surface area contributed by atoms with Crippen LogP contribution < -0.4 is 10.1 Å². The number of nitrogens with one attached hydrogen (secondary N) is 1. The minimum Gasteiger partial charge on any atom is -0.487 e. The summed E-state index contributed by atoms with van der Waals surface area (Å²) in [7, 11) is 0. The number of aryl methyl sites for hydroxylation is 2. The summed E-state index contributed by atoms with van der Waals surface area (Å²) in [5.41, 5.74) is 4.91. The molecule has 3 aromatic rings. The smallest absolute Gasteiger partial charge is 0.224 e. The summed E-state index contributed by atoms with van der Waals surface area (Å²) in [6.45, 7) is 4.41. The molecular formula is C24H25N3O2S. The summed E-state index contributed by atoms with van der Waals surface area (Å²) < 4.78 is 6.21. The van der Waals surface area contributed by atoms with Crippen molar-refractivity contribution in [3.63, 3.8) is 0 Å². The van der Waals surface area contributed by atoms with Crippen LogP contribution >= 0.6 is 11.8 Å².